The van der Waals surface area contributed by atoms with Crippen LogP contribution in [0.1, 0.15) is 5.69 Å². The molecule has 0 aliphatic carbocycles. The highest BCUT2D eigenvalue weighted by atomic mass is 79.9. The van der Waals surface area contributed by atoms with Crippen LogP contribution < -0.4 is 0 Å². The van der Waals surface area contributed by atoms with E-state index in [0.717, 1.165) is 20.6 Å². The van der Waals surface area contributed by atoms with Crippen molar-refractivity contribution in [1.29, 1.82) is 0 Å². The molecule has 0 unspecified atom stereocenters. The smallest absolute Gasteiger partial charge is 0.167 e. The molecule has 0 saturated heterocycles. The van der Waals surface area contributed by atoms with Gasteiger partial charge in [-0.05, 0) is 57.0 Å². The van der Waals surface area contributed by atoms with Crippen molar-refractivity contribution in [1.82, 2.24) is 14.8 Å². The predicted octanol–water partition coefficient (Wildman–Crippen LogP) is 3.10. The van der Waals surface area contributed by atoms with E-state index >= 15 is 0 Å². The maximum absolute atomic E-state index is 4.28. The molecule has 0 atom stereocenters. The van der Waals surface area contributed by atoms with E-state index in [1.807, 2.05) is 25.1 Å². The van der Waals surface area contributed by atoms with Crippen molar-refractivity contribution in [2.45, 2.75) is 6.92 Å². The monoisotopic (exact) mass is 315 g/mol. The van der Waals surface area contributed by atoms with Crippen LogP contribution in [0, 0.1) is 6.92 Å². The molecule has 3 nitrogen and oxygen atoms in total. The molecule has 0 aliphatic rings. The van der Waals surface area contributed by atoms with E-state index in [0.29, 0.717) is 0 Å². The van der Waals surface area contributed by atoms with Gasteiger partial charge in [0.1, 0.15) is 4.60 Å². The third-order valence-corrected chi connectivity index (χ3v) is 2.80. The molecule has 5 heteroatoms. The number of aromatic nitrogens is 3. The minimum absolute atomic E-state index is 0.802. The molecule has 0 aliphatic heterocycles. The summed E-state index contributed by atoms with van der Waals surface area (Å²) in [7, 11) is 0. The zero-order valence-electron chi connectivity index (χ0n) is 7.41. The molecule has 0 fully saturated rings. The topological polar surface area (TPSA) is 30.7 Å². The molecule has 2 aromatic heterocycles. The Kier molecular flexibility index (Phi) is 2.69. The van der Waals surface area contributed by atoms with Crippen LogP contribution in [0.4, 0.5) is 0 Å². The Morgan fingerprint density at radius 1 is 1.36 bits per heavy atom. The number of hydrogen-bond donors (Lipinski definition) is 0. The predicted molar refractivity (Wildman–Crippen MR) is 61.5 cm³/mol. The fraction of sp³-hybridized carbons (Fsp3) is 0.111. The van der Waals surface area contributed by atoms with Gasteiger partial charge in [0, 0.05) is 11.9 Å². The molecule has 72 valence electrons. The van der Waals surface area contributed by atoms with Crippen LogP contribution in [0.5, 0.6) is 0 Å². The molecule has 0 aromatic carbocycles. The second-order valence-corrected chi connectivity index (χ2v) is 4.50. The molecule has 0 N–H and O–H groups in total. The van der Waals surface area contributed by atoms with E-state index in [-0.39, 0.29) is 0 Å². The van der Waals surface area contributed by atoms with Gasteiger partial charge in [-0.3, -0.25) is 0 Å². The van der Waals surface area contributed by atoms with E-state index in [2.05, 4.69) is 41.9 Å². The molecule has 0 amide bonds. The van der Waals surface area contributed by atoms with Crippen molar-refractivity contribution < 1.29 is 0 Å². The summed E-state index contributed by atoms with van der Waals surface area (Å²) in [5.41, 5.74) is 1.04. The summed E-state index contributed by atoms with van der Waals surface area (Å²) < 4.78 is 3.53. The van der Waals surface area contributed by atoms with Gasteiger partial charge in [-0.1, -0.05) is 0 Å². The molecular weight excluding hydrogens is 310 g/mol. The second kappa shape index (κ2) is 3.82. The van der Waals surface area contributed by atoms with Crippen LogP contribution in [0.3, 0.4) is 0 Å². The Bertz CT molecular complexity index is 465. The number of aryl methyl sites for hydroxylation is 1. The molecule has 0 saturated carbocycles. The minimum atomic E-state index is 0.802. The fourth-order valence-electron chi connectivity index (χ4n) is 1.18. The van der Waals surface area contributed by atoms with Crippen molar-refractivity contribution >= 4 is 31.9 Å². The standard InChI is InChI=1S/C9H7Br2N3/c1-6-5-8(11)13-14(6)9-7(10)3-2-4-12-9/h2-5H,1H3. The van der Waals surface area contributed by atoms with Crippen LogP contribution in [0.25, 0.3) is 5.82 Å². The first-order valence-corrected chi connectivity index (χ1v) is 5.60. The lowest BCUT2D eigenvalue weighted by molar-refractivity contribution is 0.806. The Morgan fingerprint density at radius 2 is 2.14 bits per heavy atom. The third kappa shape index (κ3) is 1.74. The normalized spacial score (nSPS) is 10.5. The molecule has 0 radical (unpaired) electrons. The lowest BCUT2D eigenvalue weighted by atomic mass is 10.4. The minimum Gasteiger partial charge on any atom is -0.236 e. The van der Waals surface area contributed by atoms with Crippen molar-refractivity contribution in [2.24, 2.45) is 0 Å². The van der Waals surface area contributed by atoms with Crippen molar-refractivity contribution in [2.75, 3.05) is 0 Å². The summed E-state index contributed by atoms with van der Waals surface area (Å²) in [4.78, 5) is 4.26. The van der Waals surface area contributed by atoms with Crippen LogP contribution in [-0.2, 0) is 0 Å². The first kappa shape index (κ1) is 9.86. The lowest BCUT2D eigenvalue weighted by Gasteiger charge is -2.04. The first-order chi connectivity index (χ1) is 6.68. The Balaban J connectivity index is 2.60. The quantitative estimate of drug-likeness (QED) is 0.809. The van der Waals surface area contributed by atoms with Gasteiger partial charge in [0.25, 0.3) is 0 Å². The van der Waals surface area contributed by atoms with Crippen molar-refractivity contribution in [3.8, 4) is 5.82 Å². The molecule has 14 heavy (non-hydrogen) atoms. The number of halogens is 2. The largest absolute Gasteiger partial charge is 0.236 e. The van der Waals surface area contributed by atoms with Gasteiger partial charge in [0.15, 0.2) is 5.82 Å². The number of pyridine rings is 1. The van der Waals surface area contributed by atoms with Crippen LogP contribution >= 0.6 is 31.9 Å². The molecule has 0 spiro atoms. The Labute approximate surface area is 98.4 Å². The van der Waals surface area contributed by atoms with Gasteiger partial charge in [0.05, 0.1) is 4.47 Å². The molecular formula is C9H7Br2N3. The second-order valence-electron chi connectivity index (χ2n) is 2.83. The third-order valence-electron chi connectivity index (χ3n) is 1.80. The number of rotatable bonds is 1. The summed E-state index contributed by atoms with van der Waals surface area (Å²) in [5, 5.41) is 4.28. The van der Waals surface area contributed by atoms with Crippen LogP contribution in [0.15, 0.2) is 33.5 Å². The SMILES string of the molecule is Cc1cc(Br)nn1-c1ncccc1Br. The first-order valence-electron chi connectivity index (χ1n) is 4.01. The van der Waals surface area contributed by atoms with Gasteiger partial charge >= 0.3 is 0 Å². The van der Waals surface area contributed by atoms with Gasteiger partial charge in [-0.25, -0.2) is 9.67 Å². The van der Waals surface area contributed by atoms with Gasteiger partial charge in [-0.2, -0.15) is 5.10 Å². The van der Waals surface area contributed by atoms with Crippen LogP contribution in [0.2, 0.25) is 0 Å². The van der Waals surface area contributed by atoms with Crippen molar-refractivity contribution in [3.63, 3.8) is 0 Å². The van der Waals surface area contributed by atoms with E-state index in [1.54, 1.807) is 10.9 Å². The van der Waals surface area contributed by atoms with E-state index in [9.17, 15) is 0 Å². The summed E-state index contributed by atoms with van der Waals surface area (Å²) in [6.45, 7) is 1.98. The summed E-state index contributed by atoms with van der Waals surface area (Å²) in [6, 6.07) is 5.76. The van der Waals surface area contributed by atoms with Gasteiger partial charge in [-0.15, -0.1) is 0 Å². The highest BCUT2D eigenvalue weighted by Gasteiger charge is 2.07. The summed E-state index contributed by atoms with van der Waals surface area (Å²) in [6.07, 6.45) is 1.75. The molecule has 0 bridgehead atoms. The lowest BCUT2D eigenvalue weighted by Crippen LogP contribution is -2.01. The Hall–Kier alpha value is -0.680. The number of nitrogens with zero attached hydrogens (tertiary/aromatic N) is 3. The molecule has 2 rings (SSSR count). The fourth-order valence-corrected chi connectivity index (χ4v) is 2.10. The van der Waals surface area contributed by atoms with Gasteiger partial charge < -0.3 is 0 Å². The zero-order valence-corrected chi connectivity index (χ0v) is 10.6. The molecule has 2 heterocycles. The summed E-state index contributed by atoms with van der Waals surface area (Å²) in [5.74, 6) is 0.802. The molecule has 2 aromatic rings. The van der Waals surface area contributed by atoms with Gasteiger partial charge in [0.2, 0.25) is 0 Å². The highest BCUT2D eigenvalue weighted by molar-refractivity contribution is 9.10. The Morgan fingerprint density at radius 3 is 2.71 bits per heavy atom. The summed E-state index contributed by atoms with van der Waals surface area (Å²) >= 11 is 6.77. The van der Waals surface area contributed by atoms with E-state index in [4.69, 9.17) is 0 Å². The highest BCUT2D eigenvalue weighted by Crippen LogP contribution is 2.20. The van der Waals surface area contributed by atoms with E-state index < -0.39 is 0 Å². The number of hydrogen-bond acceptors (Lipinski definition) is 2. The maximum Gasteiger partial charge on any atom is 0.167 e. The maximum atomic E-state index is 4.28. The van der Waals surface area contributed by atoms with E-state index in [1.165, 1.54) is 0 Å². The van der Waals surface area contributed by atoms with Crippen LogP contribution in [-0.4, -0.2) is 14.8 Å². The zero-order chi connectivity index (χ0) is 10.1. The average molecular weight is 317 g/mol. The van der Waals surface area contributed by atoms with Crippen molar-refractivity contribution in [3.05, 3.63) is 39.2 Å². The average Bonchev–Trinajstić information content (AvgIpc) is 2.46.